The molecule has 0 spiro atoms. The van der Waals surface area contributed by atoms with Gasteiger partial charge in [0.05, 0.1) is 11.8 Å². The standard InChI is InChI=1S/C29H33N3O5/c33-27-22-8-4-5-9-23(22)28(34)32(27)24(16-20-6-2-1-3-7-20)29(35)31-14-12-30(13-15-31)18-21-10-11-25-26(17-21)37-19-36-25/h1-3,6-7,10-11,17,22-24H,4-5,8-9,12-16,18-19H2/t22-,23+,24-/m0/s1. The van der Waals surface area contributed by atoms with Crippen LogP contribution < -0.4 is 9.47 Å². The number of likely N-dealkylation sites (tertiary alicyclic amines) is 1. The molecule has 6 rings (SSSR count). The van der Waals surface area contributed by atoms with Crippen molar-refractivity contribution < 1.29 is 23.9 Å². The van der Waals surface area contributed by atoms with Gasteiger partial charge in [-0.25, -0.2) is 0 Å². The number of hydrogen-bond donors (Lipinski definition) is 0. The molecule has 8 nitrogen and oxygen atoms in total. The third-order valence-electron chi connectivity index (χ3n) is 8.27. The molecule has 0 unspecified atom stereocenters. The highest BCUT2D eigenvalue weighted by atomic mass is 16.7. The minimum Gasteiger partial charge on any atom is -0.454 e. The summed E-state index contributed by atoms with van der Waals surface area (Å²) in [4.78, 5) is 46.2. The highest BCUT2D eigenvalue weighted by Crippen LogP contribution is 2.39. The third-order valence-corrected chi connectivity index (χ3v) is 8.27. The van der Waals surface area contributed by atoms with E-state index in [1.54, 1.807) is 0 Å². The molecule has 3 fully saturated rings. The van der Waals surface area contributed by atoms with Gasteiger partial charge in [-0.3, -0.25) is 24.2 Å². The molecule has 3 heterocycles. The summed E-state index contributed by atoms with van der Waals surface area (Å²) < 4.78 is 10.9. The Hall–Kier alpha value is -3.39. The molecule has 1 saturated carbocycles. The molecule has 0 N–H and O–H groups in total. The van der Waals surface area contributed by atoms with Crippen molar-refractivity contribution in [2.24, 2.45) is 11.8 Å². The molecular formula is C29H33N3O5. The maximum atomic E-state index is 13.9. The summed E-state index contributed by atoms with van der Waals surface area (Å²) >= 11 is 0. The first-order valence-corrected chi connectivity index (χ1v) is 13.4. The lowest BCUT2D eigenvalue weighted by Crippen LogP contribution is -2.56. The SMILES string of the molecule is O=C([C@H](Cc1ccccc1)N1C(=O)[C@H]2CCCC[C@H]2C1=O)N1CCN(Cc2ccc3c(c2)OCO3)CC1. The Kier molecular flexibility index (Phi) is 6.59. The van der Waals surface area contributed by atoms with Gasteiger partial charge in [-0.15, -0.1) is 0 Å². The summed E-state index contributed by atoms with van der Waals surface area (Å²) in [7, 11) is 0. The summed E-state index contributed by atoms with van der Waals surface area (Å²) in [6, 6.07) is 14.9. The number of hydrogen-bond acceptors (Lipinski definition) is 6. The lowest BCUT2D eigenvalue weighted by molar-refractivity contribution is -0.152. The van der Waals surface area contributed by atoms with E-state index in [0.29, 0.717) is 19.5 Å². The van der Waals surface area contributed by atoms with Gasteiger partial charge in [-0.05, 0) is 36.1 Å². The van der Waals surface area contributed by atoms with E-state index in [2.05, 4.69) is 4.90 Å². The van der Waals surface area contributed by atoms with Crippen LogP contribution in [0, 0.1) is 11.8 Å². The van der Waals surface area contributed by atoms with Gasteiger partial charge in [0, 0.05) is 39.1 Å². The lowest BCUT2D eigenvalue weighted by atomic mass is 9.81. The van der Waals surface area contributed by atoms with Gasteiger partial charge in [0.1, 0.15) is 6.04 Å². The van der Waals surface area contributed by atoms with Gasteiger partial charge in [-0.1, -0.05) is 49.2 Å². The summed E-state index contributed by atoms with van der Waals surface area (Å²) in [6.45, 7) is 3.61. The first-order chi connectivity index (χ1) is 18.1. The number of fused-ring (bicyclic) bond motifs is 2. The molecule has 194 valence electrons. The van der Waals surface area contributed by atoms with E-state index in [1.165, 1.54) is 4.90 Å². The second-order valence-corrected chi connectivity index (χ2v) is 10.5. The molecule has 0 bridgehead atoms. The molecule has 0 radical (unpaired) electrons. The quantitative estimate of drug-likeness (QED) is 0.564. The van der Waals surface area contributed by atoms with E-state index < -0.39 is 6.04 Å². The topological polar surface area (TPSA) is 79.4 Å². The number of amides is 3. The van der Waals surface area contributed by atoms with Gasteiger partial charge < -0.3 is 14.4 Å². The molecule has 8 heteroatoms. The van der Waals surface area contributed by atoms with Crippen LogP contribution in [-0.2, 0) is 27.3 Å². The molecule has 0 aromatic heterocycles. The van der Waals surface area contributed by atoms with E-state index in [9.17, 15) is 14.4 Å². The minimum absolute atomic E-state index is 0.119. The zero-order valence-corrected chi connectivity index (χ0v) is 21.0. The lowest BCUT2D eigenvalue weighted by Gasteiger charge is -2.38. The smallest absolute Gasteiger partial charge is 0.246 e. The zero-order valence-electron chi connectivity index (χ0n) is 21.0. The van der Waals surface area contributed by atoms with E-state index in [-0.39, 0.29) is 36.4 Å². The second-order valence-electron chi connectivity index (χ2n) is 10.5. The largest absolute Gasteiger partial charge is 0.454 e. The molecule has 37 heavy (non-hydrogen) atoms. The Morgan fingerprint density at radius 3 is 2.22 bits per heavy atom. The van der Waals surface area contributed by atoms with Crippen molar-refractivity contribution in [3.05, 3.63) is 59.7 Å². The number of carbonyl (C=O) groups is 3. The average Bonchev–Trinajstić information content (AvgIpc) is 3.50. The molecule has 1 aliphatic carbocycles. The molecule has 4 aliphatic rings. The molecule has 2 aromatic rings. The van der Waals surface area contributed by atoms with Crippen LogP contribution in [0.1, 0.15) is 36.8 Å². The van der Waals surface area contributed by atoms with Crippen LogP contribution in [0.2, 0.25) is 0 Å². The van der Waals surface area contributed by atoms with Crippen LogP contribution in [0.25, 0.3) is 0 Å². The number of carbonyl (C=O) groups excluding carboxylic acids is 3. The summed E-state index contributed by atoms with van der Waals surface area (Å²) in [5, 5.41) is 0. The normalized spacial score (nSPS) is 24.3. The minimum atomic E-state index is -0.784. The number of piperazine rings is 1. The van der Waals surface area contributed by atoms with Gasteiger partial charge in [0.2, 0.25) is 24.5 Å². The van der Waals surface area contributed by atoms with Gasteiger partial charge >= 0.3 is 0 Å². The predicted molar refractivity (Wildman–Crippen MR) is 136 cm³/mol. The fourth-order valence-electron chi connectivity index (χ4n) is 6.26. The highest BCUT2D eigenvalue weighted by Gasteiger charge is 2.52. The number of ether oxygens (including phenoxy) is 2. The third kappa shape index (κ3) is 4.70. The molecule has 2 saturated heterocycles. The Morgan fingerprint density at radius 2 is 1.51 bits per heavy atom. The van der Waals surface area contributed by atoms with E-state index in [0.717, 1.165) is 67.9 Å². The van der Waals surface area contributed by atoms with Crippen LogP contribution in [0.4, 0.5) is 0 Å². The van der Waals surface area contributed by atoms with Crippen molar-refractivity contribution in [2.45, 2.75) is 44.7 Å². The van der Waals surface area contributed by atoms with Crippen LogP contribution in [0.3, 0.4) is 0 Å². The van der Waals surface area contributed by atoms with Crippen LogP contribution in [0.15, 0.2) is 48.5 Å². The maximum absolute atomic E-state index is 13.9. The Bertz CT molecular complexity index is 1150. The predicted octanol–water partition coefficient (Wildman–Crippen LogP) is 2.85. The molecule has 3 aliphatic heterocycles. The number of nitrogens with zero attached hydrogens (tertiary/aromatic N) is 3. The van der Waals surface area contributed by atoms with Gasteiger partial charge in [0.25, 0.3) is 0 Å². The molecular weight excluding hydrogens is 470 g/mol. The van der Waals surface area contributed by atoms with Crippen molar-refractivity contribution in [1.82, 2.24) is 14.7 Å². The van der Waals surface area contributed by atoms with Crippen molar-refractivity contribution in [2.75, 3.05) is 33.0 Å². The van der Waals surface area contributed by atoms with Crippen LogP contribution in [-0.4, -0.2) is 71.4 Å². The zero-order chi connectivity index (χ0) is 25.4. The first kappa shape index (κ1) is 24.0. The highest BCUT2D eigenvalue weighted by molar-refractivity contribution is 6.08. The van der Waals surface area contributed by atoms with Gasteiger partial charge in [0.15, 0.2) is 11.5 Å². The fraction of sp³-hybridized carbons (Fsp3) is 0.483. The number of rotatable bonds is 6. The van der Waals surface area contributed by atoms with E-state index >= 15 is 0 Å². The summed E-state index contributed by atoms with van der Waals surface area (Å²) in [5.74, 6) is 0.615. The number of imide groups is 1. The Balaban J connectivity index is 1.15. The number of benzene rings is 2. The van der Waals surface area contributed by atoms with Crippen molar-refractivity contribution in [3.8, 4) is 11.5 Å². The Morgan fingerprint density at radius 1 is 0.838 bits per heavy atom. The van der Waals surface area contributed by atoms with Gasteiger partial charge in [-0.2, -0.15) is 0 Å². The summed E-state index contributed by atoms with van der Waals surface area (Å²) in [6.07, 6.45) is 3.79. The van der Waals surface area contributed by atoms with Crippen molar-refractivity contribution in [1.29, 1.82) is 0 Å². The average molecular weight is 504 g/mol. The maximum Gasteiger partial charge on any atom is 0.246 e. The fourth-order valence-corrected chi connectivity index (χ4v) is 6.26. The molecule has 3 atom stereocenters. The van der Waals surface area contributed by atoms with Crippen LogP contribution >= 0.6 is 0 Å². The first-order valence-electron chi connectivity index (χ1n) is 13.4. The second kappa shape index (κ2) is 10.2. The molecule has 3 amide bonds. The van der Waals surface area contributed by atoms with Crippen LogP contribution in [0.5, 0.6) is 11.5 Å². The van der Waals surface area contributed by atoms with E-state index in [1.807, 2.05) is 53.4 Å². The Labute approximate surface area is 217 Å². The molecule has 2 aromatic carbocycles. The summed E-state index contributed by atoms with van der Waals surface area (Å²) in [5.41, 5.74) is 2.10. The van der Waals surface area contributed by atoms with E-state index in [4.69, 9.17) is 9.47 Å². The monoisotopic (exact) mass is 503 g/mol. The van der Waals surface area contributed by atoms with Crippen molar-refractivity contribution >= 4 is 17.7 Å². The van der Waals surface area contributed by atoms with Crippen molar-refractivity contribution in [3.63, 3.8) is 0 Å².